The van der Waals surface area contributed by atoms with Gasteiger partial charge in [-0.25, -0.2) is 4.98 Å². The Balaban J connectivity index is 2.25. The fraction of sp³-hybridized carbons (Fsp3) is 0.500. The summed E-state index contributed by atoms with van der Waals surface area (Å²) in [5.74, 6) is -0.433. The van der Waals surface area contributed by atoms with Crippen LogP contribution in [0.3, 0.4) is 0 Å². The molecule has 2 rings (SSSR count). The zero-order valence-corrected chi connectivity index (χ0v) is 12.2. The van der Waals surface area contributed by atoms with Crippen LogP contribution in [0.25, 0.3) is 0 Å². The molecule has 2 unspecified atom stereocenters. The van der Waals surface area contributed by atoms with Gasteiger partial charge in [0.2, 0.25) is 0 Å². The number of hydrogen-bond acceptors (Lipinski definition) is 6. The van der Waals surface area contributed by atoms with Crippen molar-refractivity contribution in [2.75, 3.05) is 27.3 Å². The van der Waals surface area contributed by atoms with Crippen LogP contribution in [0.5, 0.6) is 0 Å². The predicted molar refractivity (Wildman–Crippen MR) is 73.4 cm³/mol. The van der Waals surface area contributed by atoms with Gasteiger partial charge < -0.3 is 14.4 Å². The van der Waals surface area contributed by atoms with Crippen molar-refractivity contribution >= 4 is 23.2 Å². The molecule has 2 atom stereocenters. The van der Waals surface area contributed by atoms with Gasteiger partial charge in [-0.2, -0.15) is 0 Å². The molecular formula is C12H14ClN3O5. The van der Waals surface area contributed by atoms with Crippen molar-refractivity contribution in [3.05, 3.63) is 33.1 Å². The van der Waals surface area contributed by atoms with Crippen LogP contribution in [0.4, 0.5) is 5.69 Å². The van der Waals surface area contributed by atoms with E-state index in [1.165, 1.54) is 19.1 Å². The number of amides is 1. The van der Waals surface area contributed by atoms with Gasteiger partial charge in [0.15, 0.2) is 0 Å². The number of nitro groups is 1. The second-order valence-corrected chi connectivity index (χ2v) is 4.91. The number of aromatic nitrogens is 1. The molecule has 21 heavy (non-hydrogen) atoms. The molecule has 1 aliphatic rings. The molecule has 1 aliphatic heterocycles. The molecular weight excluding hydrogens is 302 g/mol. The van der Waals surface area contributed by atoms with Gasteiger partial charge in [0.25, 0.3) is 11.6 Å². The molecule has 0 bridgehead atoms. The van der Waals surface area contributed by atoms with E-state index in [0.717, 1.165) is 12.3 Å². The first kappa shape index (κ1) is 15.6. The number of ether oxygens (including phenoxy) is 2. The van der Waals surface area contributed by atoms with Crippen molar-refractivity contribution in [1.29, 1.82) is 0 Å². The standard InChI is InChI=1S/C12H14ClN3O5/c1-20-9-5-15(6-10(9)21-2)12(17)8-3-7(16(18)19)4-14-11(8)13/h3-4,9-10H,5-6H2,1-2H3. The van der Waals surface area contributed by atoms with Crippen LogP contribution >= 0.6 is 11.6 Å². The molecule has 0 radical (unpaired) electrons. The quantitative estimate of drug-likeness (QED) is 0.469. The van der Waals surface area contributed by atoms with Crippen molar-refractivity contribution in [3.8, 4) is 0 Å². The summed E-state index contributed by atoms with van der Waals surface area (Å²) in [6.07, 6.45) is 0.521. The number of rotatable bonds is 4. The van der Waals surface area contributed by atoms with Gasteiger partial charge in [0.05, 0.1) is 10.5 Å². The monoisotopic (exact) mass is 315 g/mol. The minimum Gasteiger partial charge on any atom is -0.377 e. The Kier molecular flexibility index (Phi) is 4.71. The summed E-state index contributed by atoms with van der Waals surface area (Å²) in [7, 11) is 3.07. The molecule has 8 nitrogen and oxygen atoms in total. The van der Waals surface area contributed by atoms with Gasteiger partial charge >= 0.3 is 0 Å². The number of hydrogen-bond donors (Lipinski definition) is 0. The normalized spacial score (nSPS) is 21.6. The van der Waals surface area contributed by atoms with E-state index < -0.39 is 10.8 Å². The zero-order chi connectivity index (χ0) is 15.6. The fourth-order valence-electron chi connectivity index (χ4n) is 2.22. The molecule has 0 spiro atoms. The lowest BCUT2D eigenvalue weighted by Gasteiger charge is -2.16. The van der Waals surface area contributed by atoms with E-state index in [2.05, 4.69) is 4.98 Å². The lowest BCUT2D eigenvalue weighted by Crippen LogP contribution is -2.30. The molecule has 1 fully saturated rings. The SMILES string of the molecule is COC1CN(C(=O)c2cc([N+](=O)[O-])cnc2Cl)CC1OC. The van der Waals surface area contributed by atoms with E-state index >= 15 is 0 Å². The third kappa shape index (κ3) is 3.12. The second kappa shape index (κ2) is 6.33. The number of methoxy groups -OCH3 is 2. The molecule has 114 valence electrons. The highest BCUT2D eigenvalue weighted by Gasteiger charge is 2.36. The minimum atomic E-state index is -0.625. The summed E-state index contributed by atoms with van der Waals surface area (Å²) in [5, 5.41) is 10.7. The number of halogens is 1. The van der Waals surface area contributed by atoms with Gasteiger partial charge in [0.1, 0.15) is 23.6 Å². The lowest BCUT2D eigenvalue weighted by atomic mass is 10.2. The van der Waals surface area contributed by atoms with Crippen LogP contribution in [0.1, 0.15) is 10.4 Å². The van der Waals surface area contributed by atoms with E-state index in [9.17, 15) is 14.9 Å². The Morgan fingerprint density at radius 3 is 2.48 bits per heavy atom. The highest BCUT2D eigenvalue weighted by atomic mass is 35.5. The average Bonchev–Trinajstić information content (AvgIpc) is 2.90. The third-order valence-electron chi connectivity index (χ3n) is 3.37. The average molecular weight is 316 g/mol. The Morgan fingerprint density at radius 1 is 1.43 bits per heavy atom. The maximum atomic E-state index is 12.4. The minimum absolute atomic E-state index is 0.00234. The lowest BCUT2D eigenvalue weighted by molar-refractivity contribution is -0.385. The van der Waals surface area contributed by atoms with E-state index in [4.69, 9.17) is 21.1 Å². The molecule has 0 saturated carbocycles. The van der Waals surface area contributed by atoms with Crippen LogP contribution in [0, 0.1) is 10.1 Å². The van der Waals surface area contributed by atoms with Crippen LogP contribution in [-0.4, -0.2) is 60.2 Å². The van der Waals surface area contributed by atoms with Crippen LogP contribution in [0.2, 0.25) is 5.15 Å². The first-order valence-electron chi connectivity index (χ1n) is 6.12. The first-order valence-corrected chi connectivity index (χ1v) is 6.50. The Morgan fingerprint density at radius 2 is 2.00 bits per heavy atom. The molecule has 0 aromatic carbocycles. The van der Waals surface area contributed by atoms with Crippen LogP contribution in [-0.2, 0) is 9.47 Å². The smallest absolute Gasteiger partial charge is 0.288 e. The number of pyridine rings is 1. The molecule has 2 heterocycles. The van der Waals surface area contributed by atoms with Gasteiger partial charge in [-0.3, -0.25) is 14.9 Å². The summed E-state index contributed by atoms with van der Waals surface area (Å²) in [5.41, 5.74) is -0.286. The summed E-state index contributed by atoms with van der Waals surface area (Å²) in [4.78, 5) is 27.7. The summed E-state index contributed by atoms with van der Waals surface area (Å²) in [6, 6.07) is 1.12. The van der Waals surface area contributed by atoms with Gasteiger partial charge in [-0.15, -0.1) is 0 Å². The van der Waals surface area contributed by atoms with E-state index in [1.807, 2.05) is 0 Å². The molecule has 1 aromatic heterocycles. The van der Waals surface area contributed by atoms with E-state index in [1.54, 1.807) is 0 Å². The van der Waals surface area contributed by atoms with Crippen LogP contribution in [0.15, 0.2) is 12.3 Å². The number of nitrogens with zero attached hydrogens (tertiary/aromatic N) is 3. The fourth-order valence-corrected chi connectivity index (χ4v) is 2.40. The molecule has 9 heteroatoms. The maximum Gasteiger partial charge on any atom is 0.288 e. The third-order valence-corrected chi connectivity index (χ3v) is 3.68. The van der Waals surface area contributed by atoms with Gasteiger partial charge in [-0.05, 0) is 0 Å². The zero-order valence-electron chi connectivity index (χ0n) is 11.5. The molecule has 1 amide bonds. The van der Waals surface area contributed by atoms with Crippen molar-refractivity contribution in [1.82, 2.24) is 9.88 Å². The Labute approximate surface area is 125 Å². The number of likely N-dealkylation sites (tertiary alicyclic amines) is 1. The maximum absolute atomic E-state index is 12.4. The van der Waals surface area contributed by atoms with E-state index in [0.29, 0.717) is 13.1 Å². The summed E-state index contributed by atoms with van der Waals surface area (Å²) < 4.78 is 10.5. The van der Waals surface area contributed by atoms with Gasteiger partial charge in [-0.1, -0.05) is 11.6 Å². The number of carbonyl (C=O) groups is 1. The first-order chi connectivity index (χ1) is 9.97. The Hall–Kier alpha value is -1.77. The van der Waals surface area contributed by atoms with Crippen molar-refractivity contribution < 1.29 is 19.2 Å². The van der Waals surface area contributed by atoms with Crippen molar-refractivity contribution in [2.45, 2.75) is 12.2 Å². The summed E-state index contributed by atoms with van der Waals surface area (Å²) >= 11 is 5.87. The molecule has 1 saturated heterocycles. The van der Waals surface area contributed by atoms with Crippen molar-refractivity contribution in [3.63, 3.8) is 0 Å². The second-order valence-electron chi connectivity index (χ2n) is 4.55. The van der Waals surface area contributed by atoms with Crippen LogP contribution < -0.4 is 0 Å². The van der Waals surface area contributed by atoms with E-state index in [-0.39, 0.29) is 28.6 Å². The van der Waals surface area contributed by atoms with Crippen molar-refractivity contribution in [2.24, 2.45) is 0 Å². The topological polar surface area (TPSA) is 94.8 Å². The summed E-state index contributed by atoms with van der Waals surface area (Å²) in [6.45, 7) is 0.653. The molecule has 0 N–H and O–H groups in total. The highest BCUT2D eigenvalue weighted by molar-refractivity contribution is 6.32. The number of carbonyl (C=O) groups excluding carboxylic acids is 1. The molecule has 0 aliphatic carbocycles. The predicted octanol–water partition coefficient (Wildman–Crippen LogP) is 1.13. The largest absolute Gasteiger partial charge is 0.377 e. The molecule has 1 aromatic rings. The van der Waals surface area contributed by atoms with Gasteiger partial charge in [0, 0.05) is 33.4 Å². The highest BCUT2D eigenvalue weighted by Crippen LogP contribution is 2.24. The Bertz CT molecular complexity index is 556.